The van der Waals surface area contributed by atoms with Gasteiger partial charge in [-0.2, -0.15) is 0 Å². The highest BCUT2D eigenvalue weighted by Crippen LogP contribution is 2.03. The molecule has 0 heterocycles. The molecule has 0 saturated carbocycles. The first kappa shape index (κ1) is 11.6. The SMILES string of the molecule is CCCC(C)C(N)N.O. The Hall–Kier alpha value is -0.120. The van der Waals surface area contributed by atoms with E-state index in [0.717, 1.165) is 6.42 Å². The van der Waals surface area contributed by atoms with E-state index in [1.165, 1.54) is 6.42 Å². The van der Waals surface area contributed by atoms with Crippen molar-refractivity contribution < 1.29 is 5.48 Å². The zero-order chi connectivity index (χ0) is 6.57. The van der Waals surface area contributed by atoms with Gasteiger partial charge in [-0.05, 0) is 12.3 Å². The van der Waals surface area contributed by atoms with E-state index in [2.05, 4.69) is 13.8 Å². The molecule has 0 radical (unpaired) electrons. The van der Waals surface area contributed by atoms with Gasteiger partial charge in [0.05, 0.1) is 6.17 Å². The Morgan fingerprint density at radius 1 is 1.33 bits per heavy atom. The fourth-order valence-corrected chi connectivity index (χ4v) is 0.648. The summed E-state index contributed by atoms with van der Waals surface area (Å²) in [4.78, 5) is 0. The van der Waals surface area contributed by atoms with Gasteiger partial charge in [0.25, 0.3) is 0 Å². The Balaban J connectivity index is 0. The standard InChI is InChI=1S/C6H16N2.H2O/c1-3-4-5(2)6(7)8;/h5-6H,3-4,7-8H2,1-2H3;1H2. The minimum absolute atomic E-state index is 0. The molecule has 0 aromatic rings. The predicted molar refractivity (Wildman–Crippen MR) is 39.8 cm³/mol. The first-order chi connectivity index (χ1) is 3.68. The molecule has 6 N–H and O–H groups in total. The normalized spacial score (nSPS) is 13.0. The third kappa shape index (κ3) is 5.76. The second-order valence-electron chi connectivity index (χ2n) is 2.34. The molecule has 0 bridgehead atoms. The van der Waals surface area contributed by atoms with Crippen molar-refractivity contribution in [2.45, 2.75) is 32.9 Å². The highest BCUT2D eigenvalue weighted by molar-refractivity contribution is 4.59. The van der Waals surface area contributed by atoms with Gasteiger partial charge >= 0.3 is 0 Å². The van der Waals surface area contributed by atoms with Crippen LogP contribution < -0.4 is 11.5 Å². The van der Waals surface area contributed by atoms with Gasteiger partial charge in [0, 0.05) is 0 Å². The van der Waals surface area contributed by atoms with E-state index < -0.39 is 0 Å². The molecule has 0 aromatic carbocycles. The number of hydrogen-bond acceptors (Lipinski definition) is 2. The highest BCUT2D eigenvalue weighted by Gasteiger charge is 2.04. The van der Waals surface area contributed by atoms with Gasteiger partial charge in [-0.3, -0.25) is 0 Å². The van der Waals surface area contributed by atoms with E-state index in [4.69, 9.17) is 11.5 Å². The first-order valence-electron chi connectivity index (χ1n) is 3.19. The lowest BCUT2D eigenvalue weighted by molar-refractivity contribution is 0.432. The number of nitrogens with two attached hydrogens (primary N) is 2. The molecule has 0 aliphatic carbocycles. The maximum absolute atomic E-state index is 5.40. The Labute approximate surface area is 56.7 Å². The van der Waals surface area contributed by atoms with Crippen LogP contribution >= 0.6 is 0 Å². The predicted octanol–water partition coefficient (Wildman–Crippen LogP) is -0.159. The van der Waals surface area contributed by atoms with Crippen LogP contribution in [0, 0.1) is 5.92 Å². The van der Waals surface area contributed by atoms with E-state index in [9.17, 15) is 0 Å². The summed E-state index contributed by atoms with van der Waals surface area (Å²) in [7, 11) is 0. The van der Waals surface area contributed by atoms with E-state index >= 15 is 0 Å². The van der Waals surface area contributed by atoms with Crippen LogP contribution in [0.25, 0.3) is 0 Å². The van der Waals surface area contributed by atoms with Gasteiger partial charge < -0.3 is 16.9 Å². The minimum atomic E-state index is -0.130. The summed E-state index contributed by atoms with van der Waals surface area (Å²) in [5, 5.41) is 0. The van der Waals surface area contributed by atoms with Gasteiger partial charge in [0.15, 0.2) is 0 Å². The van der Waals surface area contributed by atoms with Crippen LogP contribution in [-0.2, 0) is 0 Å². The Morgan fingerprint density at radius 2 is 1.78 bits per heavy atom. The molecule has 1 atom stereocenters. The molecule has 0 rings (SSSR count). The van der Waals surface area contributed by atoms with E-state index in [0.29, 0.717) is 5.92 Å². The summed E-state index contributed by atoms with van der Waals surface area (Å²) in [6.45, 7) is 4.22. The van der Waals surface area contributed by atoms with E-state index in [-0.39, 0.29) is 11.6 Å². The van der Waals surface area contributed by atoms with Crippen molar-refractivity contribution >= 4 is 0 Å². The molecular weight excluding hydrogens is 116 g/mol. The van der Waals surface area contributed by atoms with E-state index in [1.54, 1.807) is 0 Å². The molecule has 0 spiro atoms. The Bertz CT molecular complexity index is 57.0. The summed E-state index contributed by atoms with van der Waals surface area (Å²) in [6.07, 6.45) is 2.18. The maximum Gasteiger partial charge on any atom is 0.0547 e. The average molecular weight is 134 g/mol. The quantitative estimate of drug-likeness (QED) is 0.526. The van der Waals surface area contributed by atoms with Crippen LogP contribution in [0.5, 0.6) is 0 Å². The molecule has 0 aliphatic rings. The molecular formula is C6H18N2O. The minimum Gasteiger partial charge on any atom is -0.412 e. The van der Waals surface area contributed by atoms with Gasteiger partial charge in [-0.25, -0.2) is 0 Å². The lowest BCUT2D eigenvalue weighted by atomic mass is 10.0. The van der Waals surface area contributed by atoms with Crippen LogP contribution in [0.2, 0.25) is 0 Å². The summed E-state index contributed by atoms with van der Waals surface area (Å²) in [5.74, 6) is 0.472. The van der Waals surface area contributed by atoms with Crippen LogP contribution in [0.15, 0.2) is 0 Å². The third-order valence-electron chi connectivity index (χ3n) is 1.40. The summed E-state index contributed by atoms with van der Waals surface area (Å²) in [6, 6.07) is 0. The fourth-order valence-electron chi connectivity index (χ4n) is 0.648. The van der Waals surface area contributed by atoms with Crippen molar-refractivity contribution in [3.8, 4) is 0 Å². The monoisotopic (exact) mass is 134 g/mol. The van der Waals surface area contributed by atoms with Crippen molar-refractivity contribution in [2.75, 3.05) is 0 Å². The molecule has 0 aromatic heterocycles. The molecule has 1 unspecified atom stereocenters. The lowest BCUT2D eigenvalue weighted by Crippen LogP contribution is -2.37. The molecule has 0 saturated heterocycles. The van der Waals surface area contributed by atoms with Crippen LogP contribution in [-0.4, -0.2) is 11.6 Å². The van der Waals surface area contributed by atoms with Crippen molar-refractivity contribution in [3.63, 3.8) is 0 Å². The number of rotatable bonds is 3. The molecule has 0 fully saturated rings. The topological polar surface area (TPSA) is 83.5 Å². The zero-order valence-corrected chi connectivity index (χ0v) is 6.22. The maximum atomic E-state index is 5.40. The van der Waals surface area contributed by atoms with Gasteiger partial charge in [0.1, 0.15) is 0 Å². The Kier molecular flexibility index (Phi) is 7.77. The third-order valence-corrected chi connectivity index (χ3v) is 1.40. The van der Waals surface area contributed by atoms with Gasteiger partial charge in [-0.1, -0.05) is 20.3 Å². The largest absolute Gasteiger partial charge is 0.412 e. The summed E-state index contributed by atoms with van der Waals surface area (Å²) >= 11 is 0. The zero-order valence-electron chi connectivity index (χ0n) is 6.22. The highest BCUT2D eigenvalue weighted by atomic mass is 16.0. The molecule has 9 heavy (non-hydrogen) atoms. The van der Waals surface area contributed by atoms with Crippen LogP contribution in [0.1, 0.15) is 26.7 Å². The Morgan fingerprint density at radius 3 is 1.89 bits per heavy atom. The molecule has 58 valence electrons. The first-order valence-corrected chi connectivity index (χ1v) is 3.19. The van der Waals surface area contributed by atoms with Crippen molar-refractivity contribution in [1.29, 1.82) is 0 Å². The van der Waals surface area contributed by atoms with Crippen LogP contribution in [0.4, 0.5) is 0 Å². The van der Waals surface area contributed by atoms with Crippen molar-refractivity contribution in [1.82, 2.24) is 0 Å². The second kappa shape index (κ2) is 6.01. The van der Waals surface area contributed by atoms with Crippen molar-refractivity contribution in [2.24, 2.45) is 17.4 Å². The second-order valence-corrected chi connectivity index (χ2v) is 2.34. The molecule has 3 heteroatoms. The molecule has 3 nitrogen and oxygen atoms in total. The van der Waals surface area contributed by atoms with Crippen molar-refractivity contribution in [3.05, 3.63) is 0 Å². The van der Waals surface area contributed by atoms with Gasteiger partial charge in [-0.15, -0.1) is 0 Å². The van der Waals surface area contributed by atoms with Gasteiger partial charge in [0.2, 0.25) is 0 Å². The smallest absolute Gasteiger partial charge is 0.0547 e. The summed E-state index contributed by atoms with van der Waals surface area (Å²) < 4.78 is 0. The van der Waals surface area contributed by atoms with Crippen LogP contribution in [0.3, 0.4) is 0 Å². The molecule has 0 amide bonds. The summed E-state index contributed by atoms with van der Waals surface area (Å²) in [5.41, 5.74) is 10.8. The average Bonchev–Trinajstić information content (AvgIpc) is 1.67. The van der Waals surface area contributed by atoms with E-state index in [1.807, 2.05) is 0 Å². The lowest BCUT2D eigenvalue weighted by Gasteiger charge is -2.12. The molecule has 0 aliphatic heterocycles. The number of hydrogen-bond donors (Lipinski definition) is 2. The fraction of sp³-hybridized carbons (Fsp3) is 1.00.